The van der Waals surface area contributed by atoms with Gasteiger partial charge in [0.15, 0.2) is 0 Å². The molecule has 0 bridgehead atoms. The number of nitrogens with two attached hydrogens (primary N) is 1. The number of thiocarbonyl (C=S) groups is 2. The van der Waals surface area contributed by atoms with Gasteiger partial charge in [0, 0.05) is 10.9 Å². The lowest BCUT2D eigenvalue weighted by atomic mass is 10.3. The minimum atomic E-state index is 0.466. The Kier molecular flexibility index (Phi) is 6.51. The highest BCUT2D eigenvalue weighted by Crippen LogP contribution is 1.91. The molecular formula is C7H9N3S2. The fourth-order valence-corrected chi connectivity index (χ4v) is 0.535. The molecule has 0 aliphatic carbocycles. The highest BCUT2D eigenvalue weighted by atomic mass is 32.1. The van der Waals surface area contributed by atoms with Crippen LogP contribution in [0.25, 0.3) is 0 Å². The van der Waals surface area contributed by atoms with E-state index < -0.39 is 0 Å². The Labute approximate surface area is 82.0 Å². The van der Waals surface area contributed by atoms with E-state index in [-0.39, 0.29) is 0 Å². The average molecular weight is 199 g/mol. The van der Waals surface area contributed by atoms with Crippen molar-refractivity contribution in [3.63, 3.8) is 0 Å². The van der Waals surface area contributed by atoms with Gasteiger partial charge in [0.05, 0.1) is 11.4 Å². The summed E-state index contributed by atoms with van der Waals surface area (Å²) in [4.78, 5) is 0. The molecule has 0 unspecified atom stereocenters. The Balaban J connectivity index is 0.000000354. The number of aryl methyl sites for hydroxylation is 1. The van der Waals surface area contributed by atoms with Gasteiger partial charge in [-0.05, 0) is 43.5 Å². The Bertz CT molecular complexity index is 252. The van der Waals surface area contributed by atoms with E-state index in [1.54, 1.807) is 0 Å². The van der Waals surface area contributed by atoms with Crippen LogP contribution in [0.1, 0.15) is 11.4 Å². The van der Waals surface area contributed by atoms with Crippen LogP contribution in [0, 0.1) is 6.92 Å². The van der Waals surface area contributed by atoms with Crippen molar-refractivity contribution < 1.29 is 0 Å². The van der Waals surface area contributed by atoms with Crippen molar-refractivity contribution in [1.82, 2.24) is 10.2 Å². The molecule has 0 spiro atoms. The van der Waals surface area contributed by atoms with Gasteiger partial charge in [-0.3, -0.25) is 0 Å². The monoisotopic (exact) mass is 199 g/mol. The van der Waals surface area contributed by atoms with Crippen molar-refractivity contribution in [2.75, 3.05) is 0 Å². The Hall–Kier alpha value is -0.740. The molecular weight excluding hydrogens is 190 g/mol. The number of hydrogen-bond acceptors (Lipinski definition) is 5. The molecule has 0 atom stereocenters. The minimum absolute atomic E-state index is 0.466. The summed E-state index contributed by atoms with van der Waals surface area (Å²) in [7, 11) is 0. The second-order valence-corrected chi connectivity index (χ2v) is 2.62. The topological polar surface area (TPSA) is 51.8 Å². The summed E-state index contributed by atoms with van der Waals surface area (Å²) < 4.78 is 1.92. The van der Waals surface area contributed by atoms with Crippen molar-refractivity contribution in [3.05, 3.63) is 23.5 Å². The molecule has 0 aliphatic heterocycles. The van der Waals surface area contributed by atoms with Gasteiger partial charge in [0.1, 0.15) is 0 Å². The zero-order chi connectivity index (χ0) is 9.40. The molecule has 0 saturated heterocycles. The predicted molar refractivity (Wildman–Crippen MR) is 54.8 cm³/mol. The van der Waals surface area contributed by atoms with E-state index in [1.807, 2.05) is 23.4 Å². The summed E-state index contributed by atoms with van der Waals surface area (Å²) in [6.07, 6.45) is 0. The summed E-state index contributed by atoms with van der Waals surface area (Å²) in [6.45, 7) is 2.36. The third-order valence-electron chi connectivity index (χ3n) is 1.06. The fraction of sp³-hybridized carbons (Fsp3) is 0.286. The molecule has 0 radical (unpaired) electrons. The summed E-state index contributed by atoms with van der Waals surface area (Å²) in [6, 6.07) is 3.78. The quantitative estimate of drug-likeness (QED) is 0.690. The standard InChI is InChI=1S/C6H9N3.CS2/c1-5-2-3-6(4-7)9-8-5;2-1-3/h2-3H,4,7H2,1H3;. The second kappa shape index (κ2) is 6.94. The maximum Gasteiger partial charge on any atom is 0.0767 e. The molecule has 3 nitrogen and oxygen atoms in total. The molecule has 0 aromatic carbocycles. The van der Waals surface area contributed by atoms with Gasteiger partial charge >= 0.3 is 0 Å². The molecule has 0 amide bonds. The van der Waals surface area contributed by atoms with Crippen LogP contribution in [0.4, 0.5) is 0 Å². The number of hydrogen-bond donors (Lipinski definition) is 1. The Morgan fingerprint density at radius 3 is 2.33 bits per heavy atom. The predicted octanol–water partition coefficient (Wildman–Crippen LogP) is 1.26. The maximum absolute atomic E-state index is 5.30. The molecule has 1 heterocycles. The number of nitrogens with zero attached hydrogens (tertiary/aromatic N) is 2. The molecule has 5 heteroatoms. The Morgan fingerprint density at radius 1 is 1.42 bits per heavy atom. The average Bonchev–Trinajstić information content (AvgIpc) is 2.07. The second-order valence-electron chi connectivity index (χ2n) is 1.95. The van der Waals surface area contributed by atoms with E-state index >= 15 is 0 Å². The fourth-order valence-electron chi connectivity index (χ4n) is 0.535. The lowest BCUT2D eigenvalue weighted by molar-refractivity contribution is 0.876. The van der Waals surface area contributed by atoms with Gasteiger partial charge in [-0.2, -0.15) is 10.2 Å². The summed E-state index contributed by atoms with van der Waals surface area (Å²) in [5, 5.41) is 7.64. The first-order valence-electron chi connectivity index (χ1n) is 3.23. The van der Waals surface area contributed by atoms with E-state index in [0.717, 1.165) is 11.4 Å². The van der Waals surface area contributed by atoms with Crippen LogP contribution >= 0.6 is 24.4 Å². The summed E-state index contributed by atoms with van der Waals surface area (Å²) in [5.41, 5.74) is 7.05. The Morgan fingerprint density at radius 2 is 2.00 bits per heavy atom. The minimum Gasteiger partial charge on any atom is -0.325 e. The molecule has 2 N–H and O–H groups in total. The third kappa shape index (κ3) is 4.98. The molecule has 0 saturated carbocycles. The van der Waals surface area contributed by atoms with Crippen LogP contribution in [0.15, 0.2) is 12.1 Å². The van der Waals surface area contributed by atoms with Crippen molar-refractivity contribution in [3.8, 4) is 0 Å². The zero-order valence-electron chi connectivity index (χ0n) is 6.65. The van der Waals surface area contributed by atoms with E-state index in [1.165, 1.54) is 0 Å². The first-order chi connectivity index (χ1) is 5.74. The van der Waals surface area contributed by atoms with Gasteiger partial charge in [-0.25, -0.2) is 0 Å². The largest absolute Gasteiger partial charge is 0.325 e. The van der Waals surface area contributed by atoms with Crippen molar-refractivity contribution in [1.29, 1.82) is 0 Å². The van der Waals surface area contributed by atoms with Gasteiger partial charge < -0.3 is 5.73 Å². The normalized spacial score (nSPS) is 7.83. The summed E-state index contributed by atoms with van der Waals surface area (Å²) >= 11 is 7.92. The first-order valence-corrected chi connectivity index (χ1v) is 4.04. The van der Waals surface area contributed by atoms with Gasteiger partial charge in [-0.15, -0.1) is 0 Å². The van der Waals surface area contributed by atoms with Gasteiger partial charge in [-0.1, -0.05) is 0 Å². The third-order valence-corrected chi connectivity index (χ3v) is 1.06. The van der Waals surface area contributed by atoms with Crippen LogP contribution in [0.5, 0.6) is 0 Å². The van der Waals surface area contributed by atoms with Crippen molar-refractivity contribution in [2.24, 2.45) is 5.73 Å². The lowest BCUT2D eigenvalue weighted by Gasteiger charge is -1.92. The molecule has 64 valence electrons. The molecule has 1 aromatic rings. The lowest BCUT2D eigenvalue weighted by Crippen LogP contribution is -2.00. The van der Waals surface area contributed by atoms with Crippen molar-refractivity contribution >= 4 is 28.7 Å². The number of aromatic nitrogens is 2. The van der Waals surface area contributed by atoms with E-state index in [4.69, 9.17) is 5.73 Å². The van der Waals surface area contributed by atoms with Crippen LogP contribution in [0.3, 0.4) is 0 Å². The molecule has 12 heavy (non-hydrogen) atoms. The van der Waals surface area contributed by atoms with Crippen LogP contribution in [-0.4, -0.2) is 14.5 Å². The van der Waals surface area contributed by atoms with Gasteiger partial charge in [0.2, 0.25) is 0 Å². The zero-order valence-corrected chi connectivity index (χ0v) is 8.28. The number of rotatable bonds is 1. The van der Waals surface area contributed by atoms with Crippen LogP contribution in [0.2, 0.25) is 0 Å². The van der Waals surface area contributed by atoms with Crippen LogP contribution < -0.4 is 5.73 Å². The van der Waals surface area contributed by atoms with E-state index in [9.17, 15) is 0 Å². The molecule has 0 fully saturated rings. The SMILES string of the molecule is Cc1ccc(CN)nn1.S=C=S. The van der Waals surface area contributed by atoms with E-state index in [2.05, 4.69) is 34.6 Å². The molecule has 1 rings (SSSR count). The van der Waals surface area contributed by atoms with Gasteiger partial charge in [0.25, 0.3) is 0 Å². The van der Waals surface area contributed by atoms with Crippen molar-refractivity contribution in [2.45, 2.75) is 13.5 Å². The molecule has 1 aromatic heterocycles. The highest BCUT2D eigenvalue weighted by Gasteiger charge is 1.88. The van der Waals surface area contributed by atoms with Crippen LogP contribution in [-0.2, 0) is 6.54 Å². The highest BCUT2D eigenvalue weighted by molar-refractivity contribution is 7.93. The molecule has 0 aliphatic rings. The maximum atomic E-state index is 5.30. The van der Waals surface area contributed by atoms with E-state index in [0.29, 0.717) is 6.54 Å². The summed E-state index contributed by atoms with van der Waals surface area (Å²) in [5.74, 6) is 0. The first kappa shape index (κ1) is 11.3. The smallest absolute Gasteiger partial charge is 0.0767 e.